The van der Waals surface area contributed by atoms with Crippen LogP contribution < -0.4 is 5.32 Å². The lowest BCUT2D eigenvalue weighted by Gasteiger charge is -2.09. The summed E-state index contributed by atoms with van der Waals surface area (Å²) in [6.07, 6.45) is 2.79. The Hall–Kier alpha value is -1.20. The van der Waals surface area contributed by atoms with Crippen molar-refractivity contribution in [3.05, 3.63) is 28.8 Å². The second kappa shape index (κ2) is 8.95. The summed E-state index contributed by atoms with van der Waals surface area (Å²) in [7, 11) is 0. The van der Waals surface area contributed by atoms with Gasteiger partial charge in [0, 0.05) is 11.4 Å². The molecule has 1 amide bonds. The second-order valence-corrected chi connectivity index (χ2v) is 6.24. The van der Waals surface area contributed by atoms with Gasteiger partial charge in [-0.3, -0.25) is 4.79 Å². The molecule has 0 unspecified atom stereocenters. The van der Waals surface area contributed by atoms with E-state index in [9.17, 15) is 9.59 Å². The highest BCUT2D eigenvalue weighted by molar-refractivity contribution is 7.98. The largest absolute Gasteiger partial charge is 0.452 e. The third kappa shape index (κ3) is 6.40. The third-order valence-electron chi connectivity index (χ3n) is 2.77. The number of nitrogens with one attached hydrogen (secondary N) is 1. The summed E-state index contributed by atoms with van der Waals surface area (Å²) in [5.41, 5.74) is 0.276. The van der Waals surface area contributed by atoms with Crippen molar-refractivity contribution in [3.8, 4) is 0 Å². The first-order valence-electron chi connectivity index (χ1n) is 6.71. The minimum absolute atomic E-state index is 0.276. The van der Waals surface area contributed by atoms with Gasteiger partial charge in [-0.2, -0.15) is 0 Å². The normalized spacial score (nSPS) is 10.5. The maximum absolute atomic E-state index is 11.9. The lowest BCUT2D eigenvalue weighted by Crippen LogP contribution is -2.30. The fraction of sp³-hybridized carbons (Fsp3) is 0.467. The van der Waals surface area contributed by atoms with Crippen molar-refractivity contribution in [2.75, 3.05) is 19.4 Å². The van der Waals surface area contributed by atoms with E-state index in [2.05, 4.69) is 19.2 Å². The lowest BCUT2D eigenvalue weighted by molar-refractivity contribution is -0.124. The predicted octanol–water partition coefficient (Wildman–Crippen LogP) is 3.38. The van der Waals surface area contributed by atoms with E-state index in [-0.39, 0.29) is 18.1 Å². The summed E-state index contributed by atoms with van der Waals surface area (Å²) in [4.78, 5) is 24.4. The van der Waals surface area contributed by atoms with Crippen LogP contribution in [0.4, 0.5) is 0 Å². The monoisotopic (exact) mass is 329 g/mol. The average Bonchev–Trinajstić information content (AvgIpc) is 2.45. The van der Waals surface area contributed by atoms with Crippen LogP contribution in [0.15, 0.2) is 23.1 Å². The molecule has 1 N–H and O–H groups in total. The number of esters is 1. The van der Waals surface area contributed by atoms with Crippen molar-refractivity contribution in [1.29, 1.82) is 0 Å². The van der Waals surface area contributed by atoms with Crippen LogP contribution >= 0.6 is 23.4 Å². The molecule has 0 heterocycles. The maximum Gasteiger partial charge on any atom is 0.340 e. The van der Waals surface area contributed by atoms with Crippen molar-refractivity contribution in [2.45, 2.75) is 25.2 Å². The van der Waals surface area contributed by atoms with Gasteiger partial charge in [-0.15, -0.1) is 11.8 Å². The molecule has 0 bridgehead atoms. The molecule has 0 atom stereocenters. The Bertz CT molecular complexity index is 506. The van der Waals surface area contributed by atoms with E-state index in [1.165, 1.54) is 11.8 Å². The standard InChI is InChI=1S/C15H20ClNO3S/c1-10(2)6-7-17-14(18)9-20-15(19)12-8-11(21-3)4-5-13(12)16/h4-5,8,10H,6-7,9H2,1-3H3,(H,17,18). The molecule has 1 aromatic carbocycles. The fourth-order valence-electron chi connectivity index (χ4n) is 1.55. The number of amides is 1. The molecule has 0 aromatic heterocycles. The van der Waals surface area contributed by atoms with Gasteiger partial charge in [0.2, 0.25) is 0 Å². The molecule has 0 saturated heterocycles. The van der Waals surface area contributed by atoms with Crippen molar-refractivity contribution in [3.63, 3.8) is 0 Å². The third-order valence-corrected chi connectivity index (χ3v) is 3.83. The number of carbonyl (C=O) groups excluding carboxylic acids is 2. The summed E-state index contributed by atoms with van der Waals surface area (Å²) >= 11 is 7.47. The van der Waals surface area contributed by atoms with E-state index in [0.717, 1.165) is 11.3 Å². The molecule has 0 fully saturated rings. The van der Waals surface area contributed by atoms with Crippen molar-refractivity contribution >= 4 is 35.2 Å². The Morgan fingerprint density at radius 2 is 2.10 bits per heavy atom. The number of rotatable bonds is 7. The van der Waals surface area contributed by atoms with Crippen LogP contribution in [-0.4, -0.2) is 31.3 Å². The van der Waals surface area contributed by atoms with E-state index >= 15 is 0 Å². The molecular weight excluding hydrogens is 310 g/mol. The van der Waals surface area contributed by atoms with Crippen molar-refractivity contribution in [1.82, 2.24) is 5.32 Å². The molecule has 1 rings (SSSR count). The first-order chi connectivity index (χ1) is 9.93. The number of benzene rings is 1. The molecule has 0 radical (unpaired) electrons. The van der Waals surface area contributed by atoms with Crippen LogP contribution in [-0.2, 0) is 9.53 Å². The van der Waals surface area contributed by atoms with Crippen LogP contribution in [0.5, 0.6) is 0 Å². The van der Waals surface area contributed by atoms with E-state index in [1.807, 2.05) is 12.3 Å². The summed E-state index contributed by atoms with van der Waals surface area (Å²) < 4.78 is 4.98. The average molecular weight is 330 g/mol. The van der Waals surface area contributed by atoms with Crippen molar-refractivity contribution < 1.29 is 14.3 Å². The molecule has 4 nitrogen and oxygen atoms in total. The van der Waals surface area contributed by atoms with Crippen LogP contribution in [0.3, 0.4) is 0 Å². The van der Waals surface area contributed by atoms with E-state index in [1.54, 1.807) is 12.1 Å². The van der Waals surface area contributed by atoms with Gasteiger partial charge in [0.25, 0.3) is 5.91 Å². The Labute approximate surface area is 134 Å². The van der Waals surface area contributed by atoms with Gasteiger partial charge in [0.15, 0.2) is 6.61 Å². The minimum atomic E-state index is -0.588. The van der Waals surface area contributed by atoms with Gasteiger partial charge in [0.05, 0.1) is 10.6 Å². The fourth-order valence-corrected chi connectivity index (χ4v) is 2.18. The summed E-state index contributed by atoms with van der Waals surface area (Å²) in [5.74, 6) is -0.378. The quantitative estimate of drug-likeness (QED) is 0.615. The van der Waals surface area contributed by atoms with Gasteiger partial charge in [-0.25, -0.2) is 4.79 Å². The zero-order chi connectivity index (χ0) is 15.8. The molecule has 0 aliphatic carbocycles. The van der Waals surface area contributed by atoms with Crippen LogP contribution in [0.25, 0.3) is 0 Å². The maximum atomic E-state index is 11.9. The number of hydrogen-bond donors (Lipinski definition) is 1. The van der Waals surface area contributed by atoms with Crippen LogP contribution in [0.1, 0.15) is 30.6 Å². The molecule has 0 spiro atoms. The summed E-state index contributed by atoms with van der Waals surface area (Å²) in [6, 6.07) is 5.13. The number of carbonyl (C=O) groups is 2. The Balaban J connectivity index is 2.48. The molecule has 0 saturated carbocycles. The summed E-state index contributed by atoms with van der Waals surface area (Å²) in [5, 5.41) is 3.02. The van der Waals surface area contributed by atoms with E-state index < -0.39 is 5.97 Å². The Kier molecular flexibility index (Phi) is 7.61. The highest BCUT2D eigenvalue weighted by Gasteiger charge is 2.14. The highest BCUT2D eigenvalue weighted by Crippen LogP contribution is 2.23. The first-order valence-corrected chi connectivity index (χ1v) is 8.31. The van der Waals surface area contributed by atoms with Crippen LogP contribution in [0, 0.1) is 5.92 Å². The van der Waals surface area contributed by atoms with Gasteiger partial charge in [-0.1, -0.05) is 25.4 Å². The first kappa shape index (κ1) is 17.9. The Morgan fingerprint density at radius 3 is 2.71 bits per heavy atom. The molecule has 21 heavy (non-hydrogen) atoms. The lowest BCUT2D eigenvalue weighted by atomic mass is 10.1. The van der Waals surface area contributed by atoms with Crippen LogP contribution in [0.2, 0.25) is 5.02 Å². The topological polar surface area (TPSA) is 55.4 Å². The highest BCUT2D eigenvalue weighted by atomic mass is 35.5. The van der Waals surface area contributed by atoms with Crippen molar-refractivity contribution in [2.24, 2.45) is 5.92 Å². The predicted molar refractivity (Wildman–Crippen MR) is 86.0 cm³/mol. The van der Waals surface area contributed by atoms with Gasteiger partial charge >= 0.3 is 5.97 Å². The van der Waals surface area contributed by atoms with E-state index in [4.69, 9.17) is 16.3 Å². The summed E-state index contributed by atoms with van der Waals surface area (Å²) in [6.45, 7) is 4.44. The number of ether oxygens (including phenoxy) is 1. The van der Waals surface area contributed by atoms with Gasteiger partial charge in [0.1, 0.15) is 0 Å². The number of thioether (sulfide) groups is 1. The SMILES string of the molecule is CSc1ccc(Cl)c(C(=O)OCC(=O)NCCC(C)C)c1. The number of halogens is 1. The minimum Gasteiger partial charge on any atom is -0.452 e. The zero-order valence-corrected chi connectivity index (χ0v) is 14.0. The molecular formula is C15H20ClNO3S. The second-order valence-electron chi connectivity index (χ2n) is 4.95. The Morgan fingerprint density at radius 1 is 1.38 bits per heavy atom. The molecule has 6 heteroatoms. The van der Waals surface area contributed by atoms with Gasteiger partial charge in [-0.05, 0) is 36.8 Å². The molecule has 116 valence electrons. The smallest absolute Gasteiger partial charge is 0.340 e. The zero-order valence-electron chi connectivity index (χ0n) is 12.4. The molecule has 0 aliphatic rings. The van der Waals surface area contributed by atoms with E-state index in [0.29, 0.717) is 17.5 Å². The number of hydrogen-bond acceptors (Lipinski definition) is 4. The molecule has 0 aliphatic heterocycles. The molecule has 1 aromatic rings. The van der Waals surface area contributed by atoms with Gasteiger partial charge < -0.3 is 10.1 Å².